The Morgan fingerprint density at radius 1 is 1.00 bits per heavy atom. The van der Waals surface area contributed by atoms with Crippen LogP contribution in [0.5, 0.6) is 5.75 Å². The first-order valence-electron chi connectivity index (χ1n) is 10.7. The van der Waals surface area contributed by atoms with Crippen LogP contribution in [0.4, 0.5) is 0 Å². The fraction of sp³-hybridized carbons (Fsp3) is 0.292. The average molecular weight is 415 g/mol. The minimum atomic E-state index is -0.135. The Bertz CT molecular complexity index is 1230. The first-order chi connectivity index (χ1) is 15.3. The molecule has 31 heavy (non-hydrogen) atoms. The smallest absolute Gasteiger partial charge is 0.258 e. The minimum absolute atomic E-state index is 0.135. The minimum Gasteiger partial charge on any atom is -0.489 e. The third-order valence-corrected chi connectivity index (χ3v) is 5.75. The number of likely N-dealkylation sites (tertiary alicyclic amines) is 1. The summed E-state index contributed by atoms with van der Waals surface area (Å²) in [4.78, 5) is 19.2. The lowest BCUT2D eigenvalue weighted by molar-refractivity contribution is 0.305. The number of rotatable bonds is 7. The van der Waals surface area contributed by atoms with Gasteiger partial charge in [0, 0.05) is 47.8 Å². The highest BCUT2D eigenvalue weighted by Gasteiger charge is 2.12. The first kappa shape index (κ1) is 19.5. The molecule has 0 N–H and O–H groups in total. The lowest BCUT2D eigenvalue weighted by Gasteiger charge is -2.14. The van der Waals surface area contributed by atoms with E-state index in [4.69, 9.17) is 4.74 Å². The zero-order chi connectivity index (χ0) is 21.0. The molecular formula is C24H25N5O2. The van der Waals surface area contributed by atoms with Gasteiger partial charge in [-0.15, -0.1) is 0 Å². The summed E-state index contributed by atoms with van der Waals surface area (Å²) in [6.07, 6.45) is 9.69. The Kier molecular flexibility index (Phi) is 5.50. The maximum Gasteiger partial charge on any atom is 0.258 e. The van der Waals surface area contributed by atoms with E-state index in [1.807, 2.05) is 36.5 Å². The molecule has 0 unspecified atom stereocenters. The van der Waals surface area contributed by atoms with Crippen molar-refractivity contribution in [1.82, 2.24) is 24.2 Å². The molecule has 158 valence electrons. The predicted octanol–water partition coefficient (Wildman–Crippen LogP) is 3.26. The summed E-state index contributed by atoms with van der Waals surface area (Å²) in [5.41, 5.74) is 2.73. The molecule has 0 aliphatic carbocycles. The second-order valence-electron chi connectivity index (χ2n) is 7.88. The Morgan fingerprint density at radius 3 is 2.71 bits per heavy atom. The lowest BCUT2D eigenvalue weighted by atomic mass is 10.2. The van der Waals surface area contributed by atoms with Crippen molar-refractivity contribution in [3.05, 3.63) is 83.2 Å². The van der Waals surface area contributed by atoms with Crippen molar-refractivity contribution in [2.45, 2.75) is 26.0 Å². The van der Waals surface area contributed by atoms with Crippen LogP contribution in [0.1, 0.15) is 18.4 Å². The van der Waals surface area contributed by atoms with Crippen molar-refractivity contribution in [2.75, 3.05) is 19.6 Å². The van der Waals surface area contributed by atoms with Crippen molar-refractivity contribution in [3.63, 3.8) is 0 Å². The van der Waals surface area contributed by atoms with Crippen LogP contribution in [0.15, 0.2) is 72.0 Å². The molecule has 0 atom stereocenters. The number of ether oxygens (including phenoxy) is 1. The summed E-state index contributed by atoms with van der Waals surface area (Å²) >= 11 is 0. The maximum atomic E-state index is 12.7. The third kappa shape index (κ3) is 4.36. The molecule has 4 heterocycles. The predicted molar refractivity (Wildman–Crippen MR) is 120 cm³/mol. The van der Waals surface area contributed by atoms with E-state index in [1.54, 1.807) is 29.2 Å². The Labute approximate surface area is 180 Å². The molecule has 5 rings (SSSR count). The van der Waals surface area contributed by atoms with Gasteiger partial charge in [0.2, 0.25) is 0 Å². The second kappa shape index (κ2) is 8.73. The maximum absolute atomic E-state index is 12.7. The highest BCUT2D eigenvalue weighted by Crippen LogP contribution is 2.19. The Balaban J connectivity index is 1.31. The molecule has 0 amide bonds. The Morgan fingerprint density at radius 2 is 1.90 bits per heavy atom. The summed E-state index contributed by atoms with van der Waals surface area (Å²) in [5, 5.41) is 5.59. The molecule has 3 aromatic heterocycles. The van der Waals surface area contributed by atoms with Crippen LogP contribution >= 0.6 is 0 Å². The second-order valence-corrected chi connectivity index (χ2v) is 7.88. The van der Waals surface area contributed by atoms with Gasteiger partial charge in [-0.2, -0.15) is 5.10 Å². The molecule has 1 aliphatic heterocycles. The monoisotopic (exact) mass is 415 g/mol. The topological polar surface area (TPSA) is 65.2 Å². The van der Waals surface area contributed by atoms with Gasteiger partial charge in [0.05, 0.1) is 18.3 Å². The molecule has 0 radical (unpaired) electrons. The van der Waals surface area contributed by atoms with Crippen LogP contribution in [0.25, 0.3) is 16.6 Å². The van der Waals surface area contributed by atoms with Gasteiger partial charge in [-0.05, 0) is 56.3 Å². The van der Waals surface area contributed by atoms with E-state index in [2.05, 4.69) is 19.7 Å². The highest BCUT2D eigenvalue weighted by atomic mass is 16.5. The number of hydrogen-bond acceptors (Lipinski definition) is 5. The quantitative estimate of drug-likeness (QED) is 0.464. The number of nitrogens with zero attached hydrogens (tertiary/aromatic N) is 5. The molecule has 0 saturated carbocycles. The van der Waals surface area contributed by atoms with Gasteiger partial charge in [0.25, 0.3) is 5.56 Å². The van der Waals surface area contributed by atoms with Crippen molar-refractivity contribution >= 4 is 10.9 Å². The van der Waals surface area contributed by atoms with Gasteiger partial charge in [0.1, 0.15) is 12.4 Å². The van der Waals surface area contributed by atoms with E-state index in [-0.39, 0.29) is 5.56 Å². The van der Waals surface area contributed by atoms with Gasteiger partial charge >= 0.3 is 0 Å². The van der Waals surface area contributed by atoms with Crippen LogP contribution in [0, 0.1) is 0 Å². The van der Waals surface area contributed by atoms with Crippen molar-refractivity contribution < 1.29 is 4.74 Å². The summed E-state index contributed by atoms with van der Waals surface area (Å²) in [5.74, 6) is 0.543. The van der Waals surface area contributed by atoms with Crippen molar-refractivity contribution in [1.29, 1.82) is 0 Å². The molecular weight excluding hydrogens is 390 g/mol. The Hall–Kier alpha value is -3.45. The molecule has 7 heteroatoms. The third-order valence-electron chi connectivity index (χ3n) is 5.75. The molecule has 1 fully saturated rings. The molecule has 0 bridgehead atoms. The highest BCUT2D eigenvalue weighted by molar-refractivity contribution is 5.80. The number of hydrogen-bond donors (Lipinski definition) is 0. The van der Waals surface area contributed by atoms with Crippen LogP contribution in [-0.2, 0) is 13.2 Å². The standard InChI is InChI=1S/C24H25N5O2/c30-24-15-22(31-18-19-4-3-8-25-16-19)7-11-28(24)21-5-6-23-20(14-21)17-26-29(23)13-12-27-9-1-2-10-27/h3-8,11,14-17H,1-2,9-10,12-13,18H2. The number of aromatic nitrogens is 4. The van der Waals surface area contributed by atoms with Crippen LogP contribution in [-0.4, -0.2) is 43.9 Å². The van der Waals surface area contributed by atoms with Crippen molar-refractivity contribution in [3.8, 4) is 11.4 Å². The number of pyridine rings is 2. The van der Waals surface area contributed by atoms with Gasteiger partial charge in [0.15, 0.2) is 0 Å². The SMILES string of the molecule is O=c1cc(OCc2cccnc2)ccn1-c1ccc2c(cnn2CCN2CCCC2)c1. The van der Waals surface area contributed by atoms with Gasteiger partial charge in [-0.1, -0.05) is 6.07 Å². The fourth-order valence-corrected chi connectivity index (χ4v) is 4.06. The van der Waals surface area contributed by atoms with Crippen LogP contribution in [0.3, 0.4) is 0 Å². The summed E-state index contributed by atoms with van der Waals surface area (Å²) < 4.78 is 9.41. The van der Waals surface area contributed by atoms with Gasteiger partial charge in [-0.25, -0.2) is 0 Å². The van der Waals surface area contributed by atoms with Gasteiger partial charge in [-0.3, -0.25) is 19.0 Å². The van der Waals surface area contributed by atoms with E-state index >= 15 is 0 Å². The van der Waals surface area contributed by atoms with Crippen LogP contribution < -0.4 is 10.3 Å². The van der Waals surface area contributed by atoms with E-state index in [0.717, 1.165) is 35.2 Å². The first-order valence-corrected chi connectivity index (χ1v) is 10.7. The molecule has 1 saturated heterocycles. The molecule has 4 aromatic rings. The zero-order valence-electron chi connectivity index (χ0n) is 17.4. The van der Waals surface area contributed by atoms with E-state index in [0.29, 0.717) is 12.4 Å². The summed E-state index contributed by atoms with van der Waals surface area (Å²) in [6.45, 7) is 4.66. The molecule has 1 aromatic carbocycles. The zero-order valence-corrected chi connectivity index (χ0v) is 17.4. The van der Waals surface area contributed by atoms with E-state index in [1.165, 1.54) is 32.0 Å². The molecule has 0 spiro atoms. The van der Waals surface area contributed by atoms with E-state index in [9.17, 15) is 4.79 Å². The van der Waals surface area contributed by atoms with Crippen LogP contribution in [0.2, 0.25) is 0 Å². The van der Waals surface area contributed by atoms with Crippen molar-refractivity contribution in [2.24, 2.45) is 0 Å². The van der Waals surface area contributed by atoms with E-state index < -0.39 is 0 Å². The molecule has 1 aliphatic rings. The largest absolute Gasteiger partial charge is 0.489 e. The lowest BCUT2D eigenvalue weighted by Crippen LogP contribution is -2.24. The average Bonchev–Trinajstić information content (AvgIpc) is 3.46. The van der Waals surface area contributed by atoms with Gasteiger partial charge < -0.3 is 9.64 Å². The fourth-order valence-electron chi connectivity index (χ4n) is 4.06. The number of benzene rings is 1. The summed E-state index contributed by atoms with van der Waals surface area (Å²) in [6, 6.07) is 13.1. The summed E-state index contributed by atoms with van der Waals surface area (Å²) in [7, 11) is 0. The molecule has 7 nitrogen and oxygen atoms in total. The number of fused-ring (bicyclic) bond motifs is 1. The normalized spacial score (nSPS) is 14.3.